The fraction of sp³-hybridized carbons (Fsp3) is 0.500. The van der Waals surface area contributed by atoms with Crippen LogP contribution in [0.1, 0.15) is 26.3 Å². The molecule has 1 rings (SSSR count). The Morgan fingerprint density at radius 3 is 2.62 bits per heavy atom. The summed E-state index contributed by atoms with van der Waals surface area (Å²) in [6.45, 7) is 7.29. The zero-order valence-corrected chi connectivity index (χ0v) is 8.46. The topological polar surface area (TPSA) is 50.9 Å². The van der Waals surface area contributed by atoms with E-state index < -0.39 is 0 Å². The first-order valence-corrected chi connectivity index (χ1v) is 4.53. The first-order valence-electron chi connectivity index (χ1n) is 4.53. The lowest BCUT2D eigenvalue weighted by Crippen LogP contribution is -2.36. The number of rotatable bonds is 3. The van der Waals surface area contributed by atoms with E-state index in [4.69, 9.17) is 5.73 Å². The van der Waals surface area contributed by atoms with Crippen molar-refractivity contribution in [1.82, 2.24) is 10.3 Å². The lowest BCUT2D eigenvalue weighted by Gasteiger charge is -2.25. The van der Waals surface area contributed by atoms with Gasteiger partial charge in [0, 0.05) is 11.7 Å². The average Bonchev–Trinajstić information content (AvgIpc) is 2.05. The van der Waals surface area contributed by atoms with Crippen molar-refractivity contribution in [2.45, 2.75) is 26.3 Å². The third-order valence-electron chi connectivity index (χ3n) is 2.13. The van der Waals surface area contributed by atoms with Crippen molar-refractivity contribution in [1.29, 1.82) is 0 Å². The number of hydrogen-bond donors (Lipinski definition) is 2. The van der Waals surface area contributed by atoms with E-state index in [1.54, 1.807) is 0 Å². The third-order valence-corrected chi connectivity index (χ3v) is 2.13. The highest BCUT2D eigenvalue weighted by atomic mass is 15.0. The second kappa shape index (κ2) is 3.75. The molecule has 1 aromatic heterocycles. The number of nitrogens with one attached hydrogen (secondary N) is 1. The molecule has 3 heteroatoms. The molecule has 0 saturated carbocycles. The highest BCUT2D eigenvalue weighted by Crippen LogP contribution is 2.18. The third kappa shape index (κ3) is 2.42. The van der Waals surface area contributed by atoms with E-state index in [2.05, 4.69) is 31.1 Å². The van der Waals surface area contributed by atoms with E-state index in [-0.39, 0.29) is 5.54 Å². The number of hydrogen-bond acceptors (Lipinski definition) is 3. The lowest BCUT2D eigenvalue weighted by atomic mass is 9.96. The van der Waals surface area contributed by atoms with Crippen LogP contribution >= 0.6 is 0 Å². The van der Waals surface area contributed by atoms with Gasteiger partial charge < -0.3 is 11.1 Å². The van der Waals surface area contributed by atoms with Crippen LogP contribution in [0.4, 0.5) is 5.82 Å². The molecule has 0 fully saturated rings. The van der Waals surface area contributed by atoms with E-state index in [1.165, 1.54) is 0 Å². The van der Waals surface area contributed by atoms with Crippen LogP contribution in [0.2, 0.25) is 0 Å². The number of nitrogen functional groups attached to an aromatic ring is 1. The minimum atomic E-state index is -0.0323. The Morgan fingerprint density at radius 1 is 1.46 bits per heavy atom. The summed E-state index contributed by atoms with van der Waals surface area (Å²) in [7, 11) is 0. The van der Waals surface area contributed by atoms with Gasteiger partial charge in [-0.15, -0.1) is 0 Å². The van der Waals surface area contributed by atoms with Gasteiger partial charge in [0.05, 0.1) is 0 Å². The summed E-state index contributed by atoms with van der Waals surface area (Å²) in [5, 5.41) is 3.38. The number of nitrogens with two attached hydrogens (primary N) is 1. The maximum absolute atomic E-state index is 5.51. The van der Waals surface area contributed by atoms with Gasteiger partial charge in [-0.05, 0) is 32.0 Å². The molecule has 0 unspecified atom stereocenters. The van der Waals surface area contributed by atoms with Gasteiger partial charge in [-0.3, -0.25) is 0 Å². The van der Waals surface area contributed by atoms with E-state index in [9.17, 15) is 0 Å². The molecule has 0 saturated heterocycles. The highest BCUT2D eigenvalue weighted by molar-refractivity contribution is 5.31. The van der Waals surface area contributed by atoms with Gasteiger partial charge in [-0.25, -0.2) is 4.98 Å². The lowest BCUT2D eigenvalue weighted by molar-refractivity contribution is 0.414. The minimum absolute atomic E-state index is 0.0323. The molecule has 0 amide bonds. The van der Waals surface area contributed by atoms with Crippen LogP contribution in [0.15, 0.2) is 18.3 Å². The van der Waals surface area contributed by atoms with Gasteiger partial charge in [-0.1, -0.05) is 13.0 Å². The number of anilines is 1. The summed E-state index contributed by atoms with van der Waals surface area (Å²) in [5.74, 6) is 0.566. The summed E-state index contributed by atoms with van der Waals surface area (Å²) >= 11 is 0. The summed E-state index contributed by atoms with van der Waals surface area (Å²) in [4.78, 5) is 4.07. The zero-order valence-electron chi connectivity index (χ0n) is 8.46. The molecule has 0 aliphatic carbocycles. The van der Waals surface area contributed by atoms with Gasteiger partial charge in [-0.2, -0.15) is 0 Å². The molecule has 0 aliphatic rings. The van der Waals surface area contributed by atoms with Crippen molar-refractivity contribution in [3.8, 4) is 0 Å². The van der Waals surface area contributed by atoms with Crippen LogP contribution in [0.5, 0.6) is 0 Å². The first kappa shape index (κ1) is 9.99. The summed E-state index contributed by atoms with van der Waals surface area (Å²) in [6, 6.07) is 3.83. The summed E-state index contributed by atoms with van der Waals surface area (Å²) in [5.41, 5.74) is 6.64. The molecule has 0 atom stereocenters. The SMILES string of the molecule is CCNC(C)(C)c1ccc(N)nc1. The second-order valence-electron chi connectivity index (χ2n) is 3.63. The number of aromatic nitrogens is 1. The van der Waals surface area contributed by atoms with Crippen molar-refractivity contribution in [3.63, 3.8) is 0 Å². The molecule has 0 spiro atoms. The Hall–Kier alpha value is -1.09. The molecule has 3 nitrogen and oxygen atoms in total. The number of nitrogens with zero attached hydrogens (tertiary/aromatic N) is 1. The standard InChI is InChI=1S/C10H17N3/c1-4-13-10(2,3)8-5-6-9(11)12-7-8/h5-7,13H,4H2,1-3H3,(H2,11,12). The largest absolute Gasteiger partial charge is 0.384 e. The van der Waals surface area contributed by atoms with Gasteiger partial charge in [0.15, 0.2) is 0 Å². The molecule has 72 valence electrons. The molecule has 1 heterocycles. The Kier molecular flexibility index (Phi) is 2.88. The highest BCUT2D eigenvalue weighted by Gasteiger charge is 2.18. The van der Waals surface area contributed by atoms with Gasteiger partial charge in [0.1, 0.15) is 5.82 Å². The number of pyridine rings is 1. The van der Waals surface area contributed by atoms with Crippen LogP contribution in [-0.4, -0.2) is 11.5 Å². The zero-order chi connectivity index (χ0) is 9.90. The van der Waals surface area contributed by atoms with E-state index in [0.29, 0.717) is 5.82 Å². The molecule has 0 radical (unpaired) electrons. The summed E-state index contributed by atoms with van der Waals surface area (Å²) < 4.78 is 0. The van der Waals surface area contributed by atoms with Gasteiger partial charge >= 0.3 is 0 Å². The quantitative estimate of drug-likeness (QED) is 0.739. The second-order valence-corrected chi connectivity index (χ2v) is 3.63. The van der Waals surface area contributed by atoms with Crippen LogP contribution in [0.3, 0.4) is 0 Å². The fourth-order valence-corrected chi connectivity index (χ4v) is 1.32. The molecule has 0 aromatic carbocycles. The predicted octanol–water partition coefficient (Wildman–Crippen LogP) is 1.51. The van der Waals surface area contributed by atoms with Crippen LogP contribution in [0, 0.1) is 0 Å². The van der Waals surface area contributed by atoms with Gasteiger partial charge in [0.2, 0.25) is 0 Å². The van der Waals surface area contributed by atoms with E-state index in [0.717, 1.165) is 12.1 Å². The molecule has 0 bridgehead atoms. The molecular formula is C10H17N3. The Balaban J connectivity index is 2.87. The van der Waals surface area contributed by atoms with Crippen molar-refractivity contribution in [3.05, 3.63) is 23.9 Å². The maximum Gasteiger partial charge on any atom is 0.123 e. The molecular weight excluding hydrogens is 162 g/mol. The van der Waals surface area contributed by atoms with Crippen molar-refractivity contribution >= 4 is 5.82 Å². The smallest absolute Gasteiger partial charge is 0.123 e. The molecule has 13 heavy (non-hydrogen) atoms. The predicted molar refractivity (Wildman–Crippen MR) is 55.4 cm³/mol. The monoisotopic (exact) mass is 179 g/mol. The average molecular weight is 179 g/mol. The van der Waals surface area contributed by atoms with Crippen LogP contribution in [-0.2, 0) is 5.54 Å². The van der Waals surface area contributed by atoms with Gasteiger partial charge in [0.25, 0.3) is 0 Å². The Bertz CT molecular complexity index is 264. The van der Waals surface area contributed by atoms with Crippen LogP contribution < -0.4 is 11.1 Å². The Morgan fingerprint density at radius 2 is 2.15 bits per heavy atom. The minimum Gasteiger partial charge on any atom is -0.384 e. The van der Waals surface area contributed by atoms with Crippen molar-refractivity contribution in [2.75, 3.05) is 12.3 Å². The first-order chi connectivity index (χ1) is 6.06. The fourth-order valence-electron chi connectivity index (χ4n) is 1.32. The normalized spacial score (nSPS) is 11.6. The van der Waals surface area contributed by atoms with Crippen LogP contribution in [0.25, 0.3) is 0 Å². The Labute approximate surface area is 79.4 Å². The maximum atomic E-state index is 5.51. The van der Waals surface area contributed by atoms with Crippen molar-refractivity contribution in [2.24, 2.45) is 0 Å². The molecule has 3 N–H and O–H groups in total. The summed E-state index contributed by atoms with van der Waals surface area (Å²) in [6.07, 6.45) is 1.82. The van der Waals surface area contributed by atoms with E-state index >= 15 is 0 Å². The molecule has 0 aliphatic heterocycles. The van der Waals surface area contributed by atoms with E-state index in [1.807, 2.05) is 18.3 Å². The molecule has 1 aromatic rings. The van der Waals surface area contributed by atoms with Crippen molar-refractivity contribution < 1.29 is 0 Å².